The van der Waals surface area contributed by atoms with E-state index in [1.165, 1.54) is 32.3 Å². The molecule has 0 atom stereocenters. The van der Waals surface area contributed by atoms with E-state index >= 15 is 0 Å². The van der Waals surface area contributed by atoms with Gasteiger partial charge in [0.2, 0.25) is 0 Å². The minimum Gasteiger partial charge on any atom is -0.454 e. The third kappa shape index (κ3) is 2.67. The number of hydrogen-bond acceptors (Lipinski definition) is 2. The highest BCUT2D eigenvalue weighted by atomic mass is 16.3. The van der Waals surface area contributed by atoms with E-state index in [-0.39, 0.29) is 0 Å². The Morgan fingerprint density at radius 2 is 1.08 bits per heavy atom. The molecule has 0 aliphatic carbocycles. The molecule has 0 amide bonds. The molecule has 36 heavy (non-hydrogen) atoms. The number of para-hydroxylation sites is 3. The van der Waals surface area contributed by atoms with Crippen molar-refractivity contribution in [3.63, 3.8) is 0 Å². The predicted molar refractivity (Wildman–Crippen MR) is 152 cm³/mol. The topological polar surface area (TPSA) is 16.4 Å². The number of rotatable bonds is 3. The Hall–Kier alpha value is -4.82. The molecule has 168 valence electrons. The van der Waals surface area contributed by atoms with Crippen LogP contribution in [0.15, 0.2) is 132 Å². The van der Waals surface area contributed by atoms with Crippen LogP contribution in [0.5, 0.6) is 0 Å². The summed E-state index contributed by atoms with van der Waals surface area (Å²) < 4.78 is 6.49. The summed E-state index contributed by atoms with van der Waals surface area (Å²) in [6, 6.07) is 45.3. The third-order valence-corrected chi connectivity index (χ3v) is 7.39. The molecule has 0 saturated heterocycles. The van der Waals surface area contributed by atoms with Crippen LogP contribution in [0.25, 0.3) is 54.3 Å². The van der Waals surface area contributed by atoms with Crippen LogP contribution in [-0.2, 0) is 0 Å². The Labute approximate surface area is 207 Å². The van der Waals surface area contributed by atoms with Gasteiger partial charge in [-0.2, -0.15) is 0 Å². The minimum absolute atomic E-state index is 0.897. The van der Waals surface area contributed by atoms with Gasteiger partial charge in [0.15, 0.2) is 5.58 Å². The SMILES string of the molecule is c1ccc(N(c2ccc3ccc4cccc5ccc2c3c45)c2cccc3c2oc2ccccc23)cc1. The molecule has 0 N–H and O–H groups in total. The van der Waals surface area contributed by atoms with Gasteiger partial charge in [0, 0.05) is 21.8 Å². The Morgan fingerprint density at radius 3 is 1.94 bits per heavy atom. The maximum Gasteiger partial charge on any atom is 0.159 e. The first-order valence-corrected chi connectivity index (χ1v) is 12.3. The Morgan fingerprint density at radius 1 is 0.417 bits per heavy atom. The molecule has 0 unspecified atom stereocenters. The lowest BCUT2D eigenvalue weighted by Crippen LogP contribution is -2.10. The number of furan rings is 1. The predicted octanol–water partition coefficient (Wildman–Crippen LogP) is 9.95. The van der Waals surface area contributed by atoms with Gasteiger partial charge in [-0.3, -0.25) is 0 Å². The fourth-order valence-corrected chi connectivity index (χ4v) is 5.81. The van der Waals surface area contributed by atoms with Gasteiger partial charge in [-0.1, -0.05) is 97.1 Å². The second kappa shape index (κ2) is 7.34. The molecule has 0 saturated carbocycles. The van der Waals surface area contributed by atoms with E-state index in [9.17, 15) is 0 Å². The molecule has 2 nitrogen and oxygen atoms in total. The Balaban J connectivity index is 1.50. The van der Waals surface area contributed by atoms with Gasteiger partial charge >= 0.3 is 0 Å². The maximum absolute atomic E-state index is 6.49. The van der Waals surface area contributed by atoms with Crippen molar-refractivity contribution in [2.24, 2.45) is 0 Å². The average Bonchev–Trinajstić information content (AvgIpc) is 3.33. The van der Waals surface area contributed by atoms with E-state index in [2.05, 4.69) is 120 Å². The average molecular weight is 460 g/mol. The van der Waals surface area contributed by atoms with Gasteiger partial charge in [0.1, 0.15) is 5.58 Å². The summed E-state index contributed by atoms with van der Waals surface area (Å²) in [5, 5.41) is 9.92. The van der Waals surface area contributed by atoms with Gasteiger partial charge < -0.3 is 9.32 Å². The first-order chi connectivity index (χ1) is 17.9. The van der Waals surface area contributed by atoms with Gasteiger partial charge in [-0.25, -0.2) is 0 Å². The summed E-state index contributed by atoms with van der Waals surface area (Å²) in [6.45, 7) is 0. The lowest BCUT2D eigenvalue weighted by molar-refractivity contribution is 0.669. The van der Waals surface area contributed by atoms with E-state index in [0.717, 1.165) is 39.0 Å². The number of nitrogens with zero attached hydrogens (tertiary/aromatic N) is 1. The van der Waals surface area contributed by atoms with E-state index in [4.69, 9.17) is 4.42 Å². The quantitative estimate of drug-likeness (QED) is 0.244. The van der Waals surface area contributed by atoms with Crippen molar-refractivity contribution in [3.8, 4) is 0 Å². The molecule has 8 rings (SSSR count). The molecule has 0 spiro atoms. The van der Waals surface area contributed by atoms with Gasteiger partial charge in [-0.15, -0.1) is 0 Å². The zero-order valence-corrected chi connectivity index (χ0v) is 19.5. The van der Waals surface area contributed by atoms with Crippen molar-refractivity contribution in [2.45, 2.75) is 0 Å². The lowest BCUT2D eigenvalue weighted by Gasteiger charge is -2.27. The highest BCUT2D eigenvalue weighted by molar-refractivity contribution is 6.26. The number of benzene rings is 7. The van der Waals surface area contributed by atoms with Crippen LogP contribution in [0, 0.1) is 0 Å². The van der Waals surface area contributed by atoms with Crippen LogP contribution >= 0.6 is 0 Å². The fourth-order valence-electron chi connectivity index (χ4n) is 5.81. The number of anilines is 3. The number of fused-ring (bicyclic) bond motifs is 3. The fraction of sp³-hybridized carbons (Fsp3) is 0. The maximum atomic E-state index is 6.49. The van der Waals surface area contributed by atoms with Crippen molar-refractivity contribution in [2.75, 3.05) is 4.90 Å². The second-order valence-electron chi connectivity index (χ2n) is 9.36. The summed E-state index contributed by atoms with van der Waals surface area (Å²) in [6.07, 6.45) is 0. The van der Waals surface area contributed by atoms with Crippen LogP contribution in [0.3, 0.4) is 0 Å². The standard InChI is InChI=1S/C34H21NO/c1-2-10-25(11-3-1)35(30-14-7-13-27-26-12-4-5-15-31(26)36-34(27)30)29-21-19-24-17-16-22-8-6-9-23-18-20-28(29)33(24)32(22)23/h1-21H. The molecule has 0 radical (unpaired) electrons. The van der Waals surface area contributed by atoms with Crippen LogP contribution in [0.1, 0.15) is 0 Å². The molecule has 0 bridgehead atoms. The van der Waals surface area contributed by atoms with Gasteiger partial charge in [0.05, 0.1) is 11.4 Å². The minimum atomic E-state index is 0.897. The highest BCUT2D eigenvalue weighted by Crippen LogP contribution is 2.46. The second-order valence-corrected chi connectivity index (χ2v) is 9.36. The van der Waals surface area contributed by atoms with Crippen LogP contribution in [-0.4, -0.2) is 0 Å². The third-order valence-electron chi connectivity index (χ3n) is 7.39. The van der Waals surface area contributed by atoms with Crippen LogP contribution < -0.4 is 4.90 Å². The molecular weight excluding hydrogens is 438 g/mol. The smallest absolute Gasteiger partial charge is 0.159 e. The van der Waals surface area contributed by atoms with Crippen molar-refractivity contribution < 1.29 is 4.42 Å². The van der Waals surface area contributed by atoms with Crippen LogP contribution in [0.4, 0.5) is 17.1 Å². The summed E-state index contributed by atoms with van der Waals surface area (Å²) in [4.78, 5) is 2.34. The molecule has 7 aromatic carbocycles. The van der Waals surface area contributed by atoms with Crippen molar-refractivity contribution in [1.29, 1.82) is 0 Å². The summed E-state index contributed by atoms with van der Waals surface area (Å²) >= 11 is 0. The van der Waals surface area contributed by atoms with Crippen LogP contribution in [0.2, 0.25) is 0 Å². The molecular formula is C34H21NO. The van der Waals surface area contributed by atoms with Crippen molar-refractivity contribution in [1.82, 2.24) is 0 Å². The molecule has 0 fully saturated rings. The molecule has 1 aromatic heterocycles. The normalized spacial score (nSPS) is 11.9. The van der Waals surface area contributed by atoms with Crippen molar-refractivity contribution >= 4 is 71.3 Å². The molecule has 0 aliphatic rings. The number of hydrogen-bond donors (Lipinski definition) is 0. The van der Waals surface area contributed by atoms with E-state index in [1.54, 1.807) is 0 Å². The monoisotopic (exact) mass is 459 g/mol. The molecule has 2 heteroatoms. The first kappa shape index (κ1) is 19.5. The van der Waals surface area contributed by atoms with Crippen molar-refractivity contribution in [3.05, 3.63) is 127 Å². The highest BCUT2D eigenvalue weighted by Gasteiger charge is 2.21. The lowest BCUT2D eigenvalue weighted by atomic mass is 9.93. The van der Waals surface area contributed by atoms with Gasteiger partial charge in [0.25, 0.3) is 0 Å². The Kier molecular flexibility index (Phi) is 3.97. The first-order valence-electron chi connectivity index (χ1n) is 12.3. The Bertz CT molecular complexity index is 2040. The summed E-state index contributed by atoms with van der Waals surface area (Å²) in [5.74, 6) is 0. The van der Waals surface area contributed by atoms with Gasteiger partial charge in [-0.05, 0) is 57.3 Å². The summed E-state index contributed by atoms with van der Waals surface area (Å²) in [5.41, 5.74) is 5.07. The zero-order chi connectivity index (χ0) is 23.6. The zero-order valence-electron chi connectivity index (χ0n) is 19.5. The summed E-state index contributed by atoms with van der Waals surface area (Å²) in [7, 11) is 0. The van der Waals surface area contributed by atoms with E-state index < -0.39 is 0 Å². The molecule has 0 aliphatic heterocycles. The largest absolute Gasteiger partial charge is 0.454 e. The van der Waals surface area contributed by atoms with E-state index in [1.807, 2.05) is 12.1 Å². The molecule has 8 aromatic rings. The molecule has 1 heterocycles. The van der Waals surface area contributed by atoms with E-state index in [0.29, 0.717) is 0 Å².